The summed E-state index contributed by atoms with van der Waals surface area (Å²) in [4.78, 5) is 32.7. The van der Waals surface area contributed by atoms with Crippen molar-refractivity contribution in [2.45, 2.75) is 88.5 Å². The molecule has 206 valence electrons. The highest BCUT2D eigenvalue weighted by atomic mass is 19.3. The Bertz CT molecular complexity index is 1140. The van der Waals surface area contributed by atoms with Gasteiger partial charge in [-0.3, -0.25) is 19.5 Å². The van der Waals surface area contributed by atoms with Crippen molar-refractivity contribution in [3.8, 4) is 0 Å². The van der Waals surface area contributed by atoms with E-state index in [0.717, 1.165) is 17.8 Å². The minimum Gasteiger partial charge on any atom is -0.351 e. The molecule has 2 heterocycles. The van der Waals surface area contributed by atoms with E-state index in [0.29, 0.717) is 12.2 Å². The summed E-state index contributed by atoms with van der Waals surface area (Å²) in [6, 6.07) is 4.98. The summed E-state index contributed by atoms with van der Waals surface area (Å²) in [5.74, 6) is -4.85. The zero-order valence-corrected chi connectivity index (χ0v) is 21.8. The van der Waals surface area contributed by atoms with Crippen LogP contribution >= 0.6 is 0 Å². The topological polar surface area (TPSA) is 74.3 Å². The molecule has 0 radical (unpaired) electrons. The molecule has 2 aliphatic rings. The number of carbonyl (C=O) groups is 2. The Hall–Kier alpha value is -3.01. The van der Waals surface area contributed by atoms with E-state index in [2.05, 4.69) is 15.6 Å². The number of amides is 2. The summed E-state index contributed by atoms with van der Waals surface area (Å²) in [5.41, 5.74) is 1.21. The van der Waals surface area contributed by atoms with Crippen molar-refractivity contribution in [3.05, 3.63) is 59.7 Å². The van der Waals surface area contributed by atoms with Crippen LogP contribution in [0.2, 0.25) is 0 Å². The van der Waals surface area contributed by atoms with Crippen LogP contribution in [0.4, 0.5) is 23.2 Å². The molecule has 3 atom stereocenters. The van der Waals surface area contributed by atoms with Crippen LogP contribution in [0.15, 0.2) is 42.7 Å². The fourth-order valence-corrected chi connectivity index (χ4v) is 5.05. The van der Waals surface area contributed by atoms with E-state index in [9.17, 15) is 27.2 Å². The number of rotatable bonds is 6. The van der Waals surface area contributed by atoms with Crippen LogP contribution in [0.25, 0.3) is 0 Å². The van der Waals surface area contributed by atoms with Crippen LogP contribution in [0.3, 0.4) is 0 Å². The lowest BCUT2D eigenvalue weighted by Gasteiger charge is -2.36. The van der Waals surface area contributed by atoms with Crippen molar-refractivity contribution in [1.29, 1.82) is 0 Å². The van der Waals surface area contributed by atoms with E-state index in [1.54, 1.807) is 12.1 Å². The minimum absolute atomic E-state index is 0.0673. The average molecular weight is 535 g/mol. The zero-order chi connectivity index (χ0) is 27.7. The molecule has 1 aromatic heterocycles. The Balaban J connectivity index is 1.76. The maximum Gasteiger partial charge on any atom is 0.248 e. The summed E-state index contributed by atoms with van der Waals surface area (Å²) in [6.45, 7) is 6.39. The molecule has 6 nitrogen and oxygen atoms in total. The van der Waals surface area contributed by atoms with Crippen LogP contribution in [0.5, 0.6) is 0 Å². The van der Waals surface area contributed by atoms with Gasteiger partial charge in [-0.25, -0.2) is 17.6 Å². The molecule has 0 spiro atoms. The summed E-state index contributed by atoms with van der Waals surface area (Å²) in [7, 11) is 0. The lowest BCUT2D eigenvalue weighted by atomic mass is 9.87. The number of anilines is 1. The molecule has 1 saturated heterocycles. The third-order valence-electron chi connectivity index (χ3n) is 7.27. The maximum absolute atomic E-state index is 14.8. The Labute approximate surface area is 220 Å². The van der Waals surface area contributed by atoms with Crippen LogP contribution in [-0.4, -0.2) is 47.5 Å². The molecule has 2 fully saturated rings. The van der Waals surface area contributed by atoms with Gasteiger partial charge in [-0.2, -0.15) is 0 Å². The normalized spacial score (nSPS) is 22.6. The number of pyridine rings is 1. The standard InChI is InChI=1S/C28H34F4N4O2/c1-27(2,3)18-4-6-21(7-5-18)36(26(38)23-22(30)10-13-34-23)24(17-14-19(29)16-33-15-17)25(37)35-20-8-11-28(31,32)12-9-20/h4-7,14-16,20,22-24,34H,8-13H2,1-3H3,(H,35,37)/t22-,23-,24?/m1/s1. The highest BCUT2D eigenvalue weighted by Gasteiger charge is 2.43. The third-order valence-corrected chi connectivity index (χ3v) is 7.27. The van der Waals surface area contributed by atoms with Gasteiger partial charge in [0.2, 0.25) is 17.7 Å². The molecule has 0 bridgehead atoms. The first-order valence-electron chi connectivity index (χ1n) is 13.0. The number of hydrogen-bond acceptors (Lipinski definition) is 4. The maximum atomic E-state index is 14.8. The van der Waals surface area contributed by atoms with E-state index in [1.165, 1.54) is 11.1 Å². The van der Waals surface area contributed by atoms with E-state index < -0.39 is 47.9 Å². The second kappa shape index (κ2) is 11.0. The SMILES string of the molecule is CC(C)(C)c1ccc(N(C(=O)[C@@H]2NCC[C@H]2F)C(C(=O)NC2CCC(F)(F)CC2)c2cncc(F)c2)cc1. The number of carbonyl (C=O) groups excluding carboxylic acids is 2. The minimum atomic E-state index is -2.78. The van der Waals surface area contributed by atoms with Gasteiger partial charge < -0.3 is 10.6 Å². The van der Waals surface area contributed by atoms with E-state index in [-0.39, 0.29) is 43.1 Å². The molecule has 1 aromatic carbocycles. The number of alkyl halides is 3. The van der Waals surface area contributed by atoms with Gasteiger partial charge in [-0.15, -0.1) is 0 Å². The third kappa shape index (κ3) is 6.34. The quantitative estimate of drug-likeness (QED) is 0.513. The van der Waals surface area contributed by atoms with Gasteiger partial charge in [-0.1, -0.05) is 32.9 Å². The number of benzene rings is 1. The zero-order valence-electron chi connectivity index (χ0n) is 21.8. The highest BCUT2D eigenvalue weighted by Crippen LogP contribution is 2.35. The second-order valence-corrected chi connectivity index (χ2v) is 11.2. The molecular weight excluding hydrogens is 500 g/mol. The van der Waals surface area contributed by atoms with Crippen molar-refractivity contribution in [2.75, 3.05) is 11.4 Å². The van der Waals surface area contributed by atoms with Crippen molar-refractivity contribution in [3.63, 3.8) is 0 Å². The fraction of sp³-hybridized carbons (Fsp3) is 0.536. The lowest BCUT2D eigenvalue weighted by molar-refractivity contribution is -0.129. The highest BCUT2D eigenvalue weighted by molar-refractivity contribution is 6.04. The lowest BCUT2D eigenvalue weighted by Crippen LogP contribution is -2.53. The molecule has 2 aromatic rings. The van der Waals surface area contributed by atoms with Crippen LogP contribution < -0.4 is 15.5 Å². The molecule has 4 rings (SSSR count). The van der Waals surface area contributed by atoms with E-state index >= 15 is 0 Å². The molecule has 1 unspecified atom stereocenters. The van der Waals surface area contributed by atoms with Crippen molar-refractivity contribution < 1.29 is 27.2 Å². The van der Waals surface area contributed by atoms with Gasteiger partial charge in [-0.05, 0) is 55.0 Å². The molecule has 1 aliphatic heterocycles. The largest absolute Gasteiger partial charge is 0.351 e. The molecule has 1 saturated carbocycles. The van der Waals surface area contributed by atoms with Gasteiger partial charge in [0.1, 0.15) is 24.1 Å². The predicted octanol–water partition coefficient (Wildman–Crippen LogP) is 4.99. The molecular formula is C28H34F4N4O2. The molecule has 2 N–H and O–H groups in total. The first-order chi connectivity index (χ1) is 17.9. The summed E-state index contributed by atoms with van der Waals surface area (Å²) >= 11 is 0. The summed E-state index contributed by atoms with van der Waals surface area (Å²) in [6.07, 6.45) is 0.335. The van der Waals surface area contributed by atoms with Crippen molar-refractivity contribution >= 4 is 17.5 Å². The Kier molecular flexibility index (Phi) is 8.11. The smallest absolute Gasteiger partial charge is 0.248 e. The summed E-state index contributed by atoms with van der Waals surface area (Å²) < 4.78 is 56.5. The fourth-order valence-electron chi connectivity index (χ4n) is 5.05. The first kappa shape index (κ1) is 28.0. The monoisotopic (exact) mass is 534 g/mol. The van der Waals surface area contributed by atoms with Crippen LogP contribution in [0, 0.1) is 5.82 Å². The molecule has 10 heteroatoms. The molecule has 1 aliphatic carbocycles. The average Bonchev–Trinajstić information content (AvgIpc) is 3.28. The van der Waals surface area contributed by atoms with Gasteiger partial charge in [0.25, 0.3) is 0 Å². The van der Waals surface area contributed by atoms with Crippen molar-refractivity contribution in [2.24, 2.45) is 0 Å². The Morgan fingerprint density at radius 2 is 1.76 bits per heavy atom. The van der Waals surface area contributed by atoms with Gasteiger partial charge in [0.05, 0.1) is 6.20 Å². The molecule has 38 heavy (non-hydrogen) atoms. The number of nitrogens with zero attached hydrogens (tertiary/aromatic N) is 2. The van der Waals surface area contributed by atoms with Gasteiger partial charge >= 0.3 is 0 Å². The van der Waals surface area contributed by atoms with Crippen LogP contribution in [0.1, 0.15) is 70.0 Å². The second-order valence-electron chi connectivity index (χ2n) is 11.2. The molecule has 2 amide bonds. The Morgan fingerprint density at radius 3 is 2.32 bits per heavy atom. The number of hydrogen-bond donors (Lipinski definition) is 2. The predicted molar refractivity (Wildman–Crippen MR) is 136 cm³/mol. The van der Waals surface area contributed by atoms with Gasteiger partial charge in [0.15, 0.2) is 0 Å². The van der Waals surface area contributed by atoms with Crippen molar-refractivity contribution in [1.82, 2.24) is 15.6 Å². The van der Waals surface area contributed by atoms with Crippen LogP contribution in [-0.2, 0) is 15.0 Å². The first-order valence-corrected chi connectivity index (χ1v) is 13.0. The Morgan fingerprint density at radius 1 is 1.11 bits per heavy atom. The summed E-state index contributed by atoms with van der Waals surface area (Å²) in [5, 5.41) is 5.65. The number of halogens is 4. The van der Waals surface area contributed by atoms with E-state index in [4.69, 9.17) is 0 Å². The van der Waals surface area contributed by atoms with E-state index in [1.807, 2.05) is 32.9 Å². The number of nitrogens with one attached hydrogen (secondary N) is 2. The van der Waals surface area contributed by atoms with Gasteiger partial charge in [0, 0.05) is 36.3 Å². The number of aromatic nitrogens is 1.